The van der Waals surface area contributed by atoms with Crippen molar-refractivity contribution in [3.63, 3.8) is 0 Å². The summed E-state index contributed by atoms with van der Waals surface area (Å²) in [7, 11) is 1.60. The Balaban J connectivity index is 1.82. The number of nitrogens with one attached hydrogen (secondary N) is 1. The molecule has 6 nitrogen and oxygen atoms in total. The van der Waals surface area contributed by atoms with Crippen LogP contribution in [0.15, 0.2) is 47.5 Å². The first-order chi connectivity index (χ1) is 12.0. The third-order valence-electron chi connectivity index (χ3n) is 3.18. The van der Waals surface area contributed by atoms with Crippen LogP contribution < -0.4 is 20.5 Å². The molecular formula is C17H19Cl2N3O3. The summed E-state index contributed by atoms with van der Waals surface area (Å²) >= 11 is 11.9. The molecule has 0 bridgehead atoms. The zero-order valence-electron chi connectivity index (χ0n) is 13.6. The van der Waals surface area contributed by atoms with Crippen LogP contribution in [0.25, 0.3) is 0 Å². The predicted octanol–water partition coefficient (Wildman–Crippen LogP) is 3.17. The van der Waals surface area contributed by atoms with E-state index < -0.39 is 6.10 Å². The van der Waals surface area contributed by atoms with Crippen LogP contribution in [0.5, 0.6) is 11.5 Å². The van der Waals surface area contributed by atoms with E-state index in [9.17, 15) is 5.11 Å². The summed E-state index contributed by atoms with van der Waals surface area (Å²) in [5.74, 6) is 1.33. The van der Waals surface area contributed by atoms with Gasteiger partial charge in [-0.05, 0) is 36.4 Å². The van der Waals surface area contributed by atoms with Gasteiger partial charge in [0.1, 0.15) is 29.2 Å². The maximum Gasteiger partial charge on any atom is 0.193 e. The minimum absolute atomic E-state index is 0.0133. The minimum Gasteiger partial charge on any atom is -0.497 e. The summed E-state index contributed by atoms with van der Waals surface area (Å²) in [6.07, 6.45) is -0.841. The zero-order valence-corrected chi connectivity index (χ0v) is 15.1. The number of guanidine groups is 1. The Kier molecular flexibility index (Phi) is 7.18. The number of halogens is 2. The number of aliphatic hydroxyl groups is 1. The highest BCUT2D eigenvalue weighted by Crippen LogP contribution is 2.31. The van der Waals surface area contributed by atoms with Crippen molar-refractivity contribution in [2.24, 2.45) is 10.7 Å². The van der Waals surface area contributed by atoms with Crippen LogP contribution in [-0.4, -0.2) is 37.4 Å². The SMILES string of the molecule is COc1ccc(NC(N)=NCC(O)COc2cccc(Cl)c2Cl)cc1. The number of hydrogen-bond acceptors (Lipinski definition) is 4. The molecule has 0 radical (unpaired) electrons. The van der Waals surface area contributed by atoms with Crippen molar-refractivity contribution in [2.75, 3.05) is 25.6 Å². The average Bonchev–Trinajstić information content (AvgIpc) is 2.62. The van der Waals surface area contributed by atoms with Crippen molar-refractivity contribution >= 4 is 34.8 Å². The Morgan fingerprint density at radius 3 is 2.64 bits per heavy atom. The van der Waals surface area contributed by atoms with Crippen LogP contribution in [-0.2, 0) is 0 Å². The molecule has 0 fully saturated rings. The lowest BCUT2D eigenvalue weighted by Gasteiger charge is -2.13. The molecule has 0 aliphatic carbocycles. The molecule has 1 unspecified atom stereocenters. The molecule has 0 heterocycles. The van der Waals surface area contributed by atoms with Gasteiger partial charge in [0.2, 0.25) is 0 Å². The normalized spacial score (nSPS) is 12.6. The molecule has 4 N–H and O–H groups in total. The standard InChI is InChI=1S/C17H19Cl2N3O3/c1-24-13-7-5-11(6-8-13)22-17(20)21-9-12(23)10-25-15-4-2-3-14(18)16(15)19/h2-8,12,23H,9-10H2,1H3,(H3,20,21,22). The number of ether oxygens (including phenoxy) is 2. The van der Waals surface area contributed by atoms with E-state index in [0.717, 1.165) is 11.4 Å². The fourth-order valence-electron chi connectivity index (χ4n) is 1.90. The molecule has 0 saturated heterocycles. The molecule has 0 aliphatic rings. The van der Waals surface area contributed by atoms with Gasteiger partial charge >= 0.3 is 0 Å². The largest absolute Gasteiger partial charge is 0.497 e. The molecule has 0 saturated carbocycles. The highest BCUT2D eigenvalue weighted by atomic mass is 35.5. The van der Waals surface area contributed by atoms with Crippen LogP contribution in [0.2, 0.25) is 10.0 Å². The molecule has 0 aliphatic heterocycles. The van der Waals surface area contributed by atoms with Gasteiger partial charge in [-0.1, -0.05) is 29.3 Å². The molecule has 0 spiro atoms. The fraction of sp³-hybridized carbons (Fsp3) is 0.235. The first kappa shape index (κ1) is 19.2. The third kappa shape index (κ3) is 6.01. The molecule has 2 aromatic rings. The Morgan fingerprint density at radius 1 is 1.24 bits per heavy atom. The van der Waals surface area contributed by atoms with Gasteiger partial charge in [-0.2, -0.15) is 0 Å². The molecule has 0 amide bonds. The lowest BCUT2D eigenvalue weighted by Crippen LogP contribution is -2.27. The average molecular weight is 384 g/mol. The monoisotopic (exact) mass is 383 g/mol. The number of benzene rings is 2. The summed E-state index contributed by atoms with van der Waals surface area (Å²) < 4.78 is 10.5. The molecule has 134 valence electrons. The lowest BCUT2D eigenvalue weighted by molar-refractivity contribution is 0.114. The smallest absolute Gasteiger partial charge is 0.193 e. The van der Waals surface area contributed by atoms with Gasteiger partial charge in [0.25, 0.3) is 0 Å². The molecule has 8 heteroatoms. The summed E-state index contributed by atoms with van der Waals surface area (Å²) in [6.45, 7) is 0.0898. The molecule has 25 heavy (non-hydrogen) atoms. The second-order valence-electron chi connectivity index (χ2n) is 5.10. The molecule has 0 aromatic heterocycles. The fourth-order valence-corrected chi connectivity index (χ4v) is 2.25. The first-order valence-corrected chi connectivity index (χ1v) is 8.21. The van der Waals surface area contributed by atoms with Crippen LogP contribution >= 0.6 is 23.2 Å². The van der Waals surface area contributed by atoms with Crippen molar-refractivity contribution in [1.82, 2.24) is 0 Å². The molecule has 2 aromatic carbocycles. The van der Waals surface area contributed by atoms with E-state index in [-0.39, 0.29) is 19.1 Å². The molecule has 1 atom stereocenters. The second kappa shape index (κ2) is 9.36. The number of methoxy groups -OCH3 is 1. The predicted molar refractivity (Wildman–Crippen MR) is 101 cm³/mol. The zero-order chi connectivity index (χ0) is 18.2. The van der Waals surface area contributed by atoms with E-state index in [4.69, 9.17) is 38.4 Å². The highest BCUT2D eigenvalue weighted by molar-refractivity contribution is 6.42. The number of rotatable bonds is 7. The van der Waals surface area contributed by atoms with Crippen molar-refractivity contribution < 1.29 is 14.6 Å². The number of aliphatic hydroxyl groups excluding tert-OH is 1. The highest BCUT2D eigenvalue weighted by Gasteiger charge is 2.09. The van der Waals surface area contributed by atoms with E-state index in [2.05, 4.69) is 10.3 Å². The van der Waals surface area contributed by atoms with Crippen LogP contribution in [0.3, 0.4) is 0 Å². The van der Waals surface area contributed by atoms with Crippen LogP contribution in [0.1, 0.15) is 0 Å². The molecule has 2 rings (SSSR count). The first-order valence-electron chi connectivity index (χ1n) is 7.45. The Labute approximate surface area is 156 Å². The molecular weight excluding hydrogens is 365 g/mol. The number of nitrogens with two attached hydrogens (primary N) is 1. The van der Waals surface area contributed by atoms with Crippen molar-refractivity contribution in [2.45, 2.75) is 6.10 Å². The number of anilines is 1. The van der Waals surface area contributed by atoms with E-state index in [0.29, 0.717) is 15.8 Å². The third-order valence-corrected chi connectivity index (χ3v) is 3.98. The minimum atomic E-state index is -0.841. The van der Waals surface area contributed by atoms with Crippen LogP contribution in [0, 0.1) is 0 Å². The van der Waals surface area contributed by atoms with Gasteiger partial charge in [-0.15, -0.1) is 0 Å². The number of hydrogen-bond donors (Lipinski definition) is 3. The lowest BCUT2D eigenvalue weighted by atomic mass is 10.3. The van der Waals surface area contributed by atoms with Gasteiger partial charge in [0.05, 0.1) is 18.7 Å². The summed E-state index contributed by atoms with van der Waals surface area (Å²) in [4.78, 5) is 4.08. The van der Waals surface area contributed by atoms with Crippen molar-refractivity contribution in [3.05, 3.63) is 52.5 Å². The number of aliphatic imine (C=N–C) groups is 1. The van der Waals surface area contributed by atoms with Gasteiger partial charge in [-0.25, -0.2) is 0 Å². The summed E-state index contributed by atoms with van der Waals surface area (Å²) in [6, 6.07) is 12.3. The Hall–Kier alpha value is -2.15. The van der Waals surface area contributed by atoms with Gasteiger partial charge in [-0.3, -0.25) is 4.99 Å². The quantitative estimate of drug-likeness (QED) is 0.504. The second-order valence-corrected chi connectivity index (χ2v) is 5.88. The van der Waals surface area contributed by atoms with E-state index >= 15 is 0 Å². The van der Waals surface area contributed by atoms with E-state index in [1.807, 2.05) is 12.1 Å². The van der Waals surface area contributed by atoms with Crippen molar-refractivity contribution in [3.8, 4) is 11.5 Å². The Morgan fingerprint density at radius 2 is 1.96 bits per heavy atom. The van der Waals surface area contributed by atoms with Gasteiger partial charge < -0.3 is 25.6 Å². The summed E-state index contributed by atoms with van der Waals surface area (Å²) in [5.41, 5.74) is 6.56. The van der Waals surface area contributed by atoms with Crippen molar-refractivity contribution in [1.29, 1.82) is 0 Å². The maximum absolute atomic E-state index is 9.95. The van der Waals surface area contributed by atoms with E-state index in [1.165, 1.54) is 0 Å². The van der Waals surface area contributed by atoms with Crippen LogP contribution in [0.4, 0.5) is 5.69 Å². The van der Waals surface area contributed by atoms with E-state index in [1.54, 1.807) is 37.4 Å². The summed E-state index contributed by atoms with van der Waals surface area (Å²) in [5, 5.41) is 13.6. The number of nitrogens with zero attached hydrogens (tertiary/aromatic N) is 1. The van der Waals surface area contributed by atoms with Gasteiger partial charge in [0, 0.05) is 5.69 Å². The Bertz CT molecular complexity index is 724. The topological polar surface area (TPSA) is 89.1 Å². The van der Waals surface area contributed by atoms with Gasteiger partial charge in [0.15, 0.2) is 5.96 Å². The maximum atomic E-state index is 9.95.